The lowest BCUT2D eigenvalue weighted by molar-refractivity contribution is 0.102. The van der Waals surface area contributed by atoms with E-state index in [2.05, 4.69) is 10.2 Å². The van der Waals surface area contributed by atoms with E-state index < -0.39 is 0 Å². The largest absolute Gasteiger partial charge is 0.343 e. The average molecular weight is 295 g/mol. The van der Waals surface area contributed by atoms with Crippen LogP contribution < -0.4 is 5.69 Å². The molecular formula is C13H14FN3O2S. The van der Waals surface area contributed by atoms with Crippen LogP contribution in [0.4, 0.5) is 4.39 Å². The fourth-order valence-corrected chi connectivity index (χ4v) is 2.55. The van der Waals surface area contributed by atoms with Gasteiger partial charge in [-0.1, -0.05) is 18.7 Å². The Labute approximate surface area is 119 Å². The van der Waals surface area contributed by atoms with Gasteiger partial charge in [-0.2, -0.15) is 0 Å². The molecule has 0 saturated heterocycles. The molecule has 0 aliphatic heterocycles. The van der Waals surface area contributed by atoms with Gasteiger partial charge in [0.05, 0.1) is 5.75 Å². The Kier molecular flexibility index (Phi) is 4.73. The second-order valence-electron chi connectivity index (χ2n) is 4.18. The summed E-state index contributed by atoms with van der Waals surface area (Å²) in [5.74, 6) is -0.355. The number of aromatic amines is 1. The van der Waals surface area contributed by atoms with Gasteiger partial charge in [0.1, 0.15) is 5.82 Å². The molecule has 5 nitrogen and oxygen atoms in total. The first-order valence-electron chi connectivity index (χ1n) is 6.18. The first-order valence-corrected chi connectivity index (χ1v) is 7.17. The minimum Gasteiger partial charge on any atom is -0.293 e. The quantitative estimate of drug-likeness (QED) is 0.654. The highest BCUT2D eigenvalue weighted by Crippen LogP contribution is 2.16. The smallest absolute Gasteiger partial charge is 0.293 e. The number of hydrogen-bond acceptors (Lipinski definition) is 4. The highest BCUT2D eigenvalue weighted by molar-refractivity contribution is 7.99. The molecular weight excluding hydrogens is 281 g/mol. The highest BCUT2D eigenvalue weighted by Gasteiger charge is 2.12. The Balaban J connectivity index is 2.03. The second-order valence-corrected chi connectivity index (χ2v) is 5.12. The number of ketones is 1. The van der Waals surface area contributed by atoms with Gasteiger partial charge in [0.15, 0.2) is 10.9 Å². The van der Waals surface area contributed by atoms with Crippen LogP contribution in [0.25, 0.3) is 0 Å². The first-order chi connectivity index (χ1) is 9.61. The molecule has 0 atom stereocenters. The summed E-state index contributed by atoms with van der Waals surface area (Å²) in [6, 6.07) is 5.39. The maximum atomic E-state index is 12.8. The van der Waals surface area contributed by atoms with Gasteiger partial charge in [-0.05, 0) is 30.7 Å². The van der Waals surface area contributed by atoms with Crippen LogP contribution in [-0.4, -0.2) is 26.3 Å². The number of aromatic nitrogens is 3. The molecule has 1 aromatic carbocycles. The lowest BCUT2D eigenvalue weighted by Crippen LogP contribution is -2.17. The number of thioether (sulfide) groups is 1. The van der Waals surface area contributed by atoms with E-state index >= 15 is 0 Å². The molecule has 20 heavy (non-hydrogen) atoms. The summed E-state index contributed by atoms with van der Waals surface area (Å²) < 4.78 is 14.3. The van der Waals surface area contributed by atoms with Gasteiger partial charge in [0.25, 0.3) is 0 Å². The van der Waals surface area contributed by atoms with Crippen molar-refractivity contribution in [2.75, 3.05) is 5.75 Å². The average Bonchev–Trinajstić information content (AvgIpc) is 2.79. The molecule has 7 heteroatoms. The van der Waals surface area contributed by atoms with Crippen molar-refractivity contribution in [3.8, 4) is 0 Å². The van der Waals surface area contributed by atoms with Crippen LogP contribution >= 0.6 is 11.8 Å². The summed E-state index contributed by atoms with van der Waals surface area (Å²) in [5, 5.41) is 6.75. The van der Waals surface area contributed by atoms with Crippen LogP contribution in [0.3, 0.4) is 0 Å². The molecule has 0 bridgehead atoms. The Bertz CT molecular complexity index is 648. The van der Waals surface area contributed by atoms with E-state index in [4.69, 9.17) is 0 Å². The van der Waals surface area contributed by atoms with E-state index in [0.29, 0.717) is 17.3 Å². The molecule has 1 N–H and O–H groups in total. The molecule has 1 aromatic heterocycles. The van der Waals surface area contributed by atoms with Crippen molar-refractivity contribution in [3.05, 3.63) is 46.1 Å². The molecule has 0 saturated carbocycles. The number of H-pyrrole nitrogens is 1. The zero-order valence-corrected chi connectivity index (χ0v) is 11.7. The molecule has 0 fully saturated rings. The fraction of sp³-hybridized carbons (Fsp3) is 0.308. The zero-order valence-electron chi connectivity index (χ0n) is 10.9. The Morgan fingerprint density at radius 3 is 2.75 bits per heavy atom. The molecule has 1 heterocycles. The molecule has 0 radical (unpaired) electrons. The van der Waals surface area contributed by atoms with Crippen molar-refractivity contribution in [1.82, 2.24) is 14.8 Å². The summed E-state index contributed by atoms with van der Waals surface area (Å²) in [6.45, 7) is 2.51. The highest BCUT2D eigenvalue weighted by atomic mass is 32.2. The summed E-state index contributed by atoms with van der Waals surface area (Å²) in [6.07, 6.45) is 0.804. The van der Waals surface area contributed by atoms with Crippen molar-refractivity contribution < 1.29 is 9.18 Å². The van der Waals surface area contributed by atoms with Crippen LogP contribution in [0.1, 0.15) is 23.7 Å². The van der Waals surface area contributed by atoms with E-state index in [-0.39, 0.29) is 23.0 Å². The number of rotatable bonds is 6. The summed E-state index contributed by atoms with van der Waals surface area (Å²) in [7, 11) is 0. The number of carbonyl (C=O) groups excluding carboxylic acids is 1. The van der Waals surface area contributed by atoms with Crippen LogP contribution in [0.15, 0.2) is 34.2 Å². The summed E-state index contributed by atoms with van der Waals surface area (Å²) in [5.41, 5.74) is 0.169. The van der Waals surface area contributed by atoms with E-state index in [1.165, 1.54) is 40.6 Å². The molecule has 0 spiro atoms. The molecule has 0 amide bonds. The maximum absolute atomic E-state index is 12.8. The molecule has 0 aliphatic carbocycles. The van der Waals surface area contributed by atoms with Crippen molar-refractivity contribution in [3.63, 3.8) is 0 Å². The molecule has 2 aromatic rings. The van der Waals surface area contributed by atoms with E-state index in [0.717, 1.165) is 6.42 Å². The summed E-state index contributed by atoms with van der Waals surface area (Å²) >= 11 is 1.19. The molecule has 0 unspecified atom stereocenters. The molecule has 2 rings (SSSR count). The second kappa shape index (κ2) is 6.51. The first kappa shape index (κ1) is 14.5. The predicted octanol–water partition coefficient (Wildman–Crippen LogP) is 2.10. The number of hydrogen-bond donors (Lipinski definition) is 1. The predicted molar refractivity (Wildman–Crippen MR) is 74.6 cm³/mol. The minimum absolute atomic E-state index is 0.131. The number of nitrogens with one attached hydrogen (secondary N) is 1. The van der Waals surface area contributed by atoms with Crippen LogP contribution in [-0.2, 0) is 6.54 Å². The van der Waals surface area contributed by atoms with Gasteiger partial charge in [0.2, 0.25) is 0 Å². The lowest BCUT2D eigenvalue weighted by atomic mass is 10.1. The van der Waals surface area contributed by atoms with Gasteiger partial charge < -0.3 is 0 Å². The van der Waals surface area contributed by atoms with E-state index in [1.807, 2.05) is 6.92 Å². The Hall–Kier alpha value is -1.89. The van der Waals surface area contributed by atoms with Crippen LogP contribution in [0.5, 0.6) is 0 Å². The maximum Gasteiger partial charge on any atom is 0.343 e. The number of benzene rings is 1. The Morgan fingerprint density at radius 1 is 1.40 bits per heavy atom. The van der Waals surface area contributed by atoms with Gasteiger partial charge in [-0.25, -0.2) is 14.3 Å². The van der Waals surface area contributed by atoms with Crippen molar-refractivity contribution in [2.45, 2.75) is 25.0 Å². The third kappa shape index (κ3) is 3.36. The molecule has 106 valence electrons. The lowest BCUT2D eigenvalue weighted by Gasteiger charge is -2.03. The normalized spacial score (nSPS) is 10.7. The monoisotopic (exact) mass is 295 g/mol. The van der Waals surface area contributed by atoms with Crippen LogP contribution in [0, 0.1) is 5.82 Å². The Morgan fingerprint density at radius 2 is 2.10 bits per heavy atom. The van der Waals surface area contributed by atoms with Gasteiger partial charge in [-0.3, -0.25) is 9.36 Å². The van der Waals surface area contributed by atoms with Crippen LogP contribution in [0.2, 0.25) is 0 Å². The number of Topliss-reactive ketones (excluding diaryl/α,β-unsaturated/α-hetero) is 1. The van der Waals surface area contributed by atoms with Crippen molar-refractivity contribution in [2.24, 2.45) is 0 Å². The van der Waals surface area contributed by atoms with Gasteiger partial charge in [-0.15, -0.1) is 5.10 Å². The van der Waals surface area contributed by atoms with Gasteiger partial charge in [0, 0.05) is 12.1 Å². The van der Waals surface area contributed by atoms with E-state index in [9.17, 15) is 14.0 Å². The zero-order chi connectivity index (χ0) is 14.5. The van der Waals surface area contributed by atoms with Crippen molar-refractivity contribution >= 4 is 17.5 Å². The SMILES string of the molecule is CCCn1c(SCC(=O)c2ccc(F)cc2)n[nH]c1=O. The molecule has 0 aliphatic rings. The fourth-order valence-electron chi connectivity index (χ4n) is 1.68. The van der Waals surface area contributed by atoms with Gasteiger partial charge >= 0.3 is 5.69 Å². The number of carbonyl (C=O) groups is 1. The standard InChI is InChI=1S/C13H14FN3O2S/c1-2-7-17-12(19)15-16-13(17)20-8-11(18)9-3-5-10(14)6-4-9/h3-6H,2,7-8H2,1H3,(H,15,19). The third-order valence-electron chi connectivity index (χ3n) is 2.67. The van der Waals surface area contributed by atoms with E-state index in [1.54, 1.807) is 0 Å². The topological polar surface area (TPSA) is 67.8 Å². The van der Waals surface area contributed by atoms with Crippen molar-refractivity contribution in [1.29, 1.82) is 0 Å². The number of halogens is 1. The number of nitrogens with zero attached hydrogens (tertiary/aromatic N) is 2. The minimum atomic E-state index is -0.377. The summed E-state index contributed by atoms with van der Waals surface area (Å²) in [4.78, 5) is 23.4. The third-order valence-corrected chi connectivity index (χ3v) is 3.65.